The lowest BCUT2D eigenvalue weighted by molar-refractivity contribution is 0.252. The van der Waals surface area contributed by atoms with Gasteiger partial charge in [-0.25, -0.2) is 4.99 Å². The lowest BCUT2D eigenvalue weighted by Crippen LogP contribution is -2.27. The molecule has 0 atom stereocenters. The molecule has 0 fully saturated rings. The molecular weight excluding hydrogens is 356 g/mol. The van der Waals surface area contributed by atoms with Gasteiger partial charge < -0.3 is 24.6 Å². The van der Waals surface area contributed by atoms with Gasteiger partial charge in [0.25, 0.3) is 0 Å². The lowest BCUT2D eigenvalue weighted by atomic mass is 10.0. The first-order chi connectivity index (χ1) is 13.6. The number of aryl methyl sites for hydroxylation is 2. The maximum Gasteiger partial charge on any atom is 0.134 e. The molecule has 2 aromatic rings. The lowest BCUT2D eigenvalue weighted by Gasteiger charge is -2.22. The van der Waals surface area contributed by atoms with Crippen molar-refractivity contribution in [2.24, 2.45) is 4.99 Å². The zero-order valence-corrected chi connectivity index (χ0v) is 17.0. The van der Waals surface area contributed by atoms with Gasteiger partial charge in [0.1, 0.15) is 23.1 Å². The summed E-state index contributed by atoms with van der Waals surface area (Å²) in [4.78, 5) is 4.81. The van der Waals surface area contributed by atoms with Crippen molar-refractivity contribution in [1.29, 1.82) is 0 Å². The highest BCUT2D eigenvalue weighted by Gasteiger charge is 2.19. The van der Waals surface area contributed by atoms with Gasteiger partial charge >= 0.3 is 0 Å². The molecule has 28 heavy (non-hydrogen) atoms. The number of benzene rings is 2. The smallest absolute Gasteiger partial charge is 0.134 e. The van der Waals surface area contributed by atoms with Gasteiger partial charge in [0, 0.05) is 36.4 Å². The van der Waals surface area contributed by atoms with E-state index in [-0.39, 0.29) is 6.61 Å². The number of hydrogen-bond acceptors (Lipinski definition) is 6. The van der Waals surface area contributed by atoms with Gasteiger partial charge in [0.15, 0.2) is 0 Å². The summed E-state index contributed by atoms with van der Waals surface area (Å²) in [5.74, 6) is 3.21. The molecule has 0 aromatic heterocycles. The molecule has 0 spiro atoms. The summed E-state index contributed by atoms with van der Waals surface area (Å²) in [6.45, 7) is 5.53. The fourth-order valence-electron chi connectivity index (χ4n) is 3.38. The number of hydrogen-bond donors (Lipinski definition) is 2. The minimum atomic E-state index is 0.197. The summed E-state index contributed by atoms with van der Waals surface area (Å²) < 4.78 is 16.8. The van der Waals surface area contributed by atoms with E-state index in [1.54, 1.807) is 14.2 Å². The maximum atomic E-state index is 8.90. The SMILES string of the molecule is COc1cc2c(c(OC)c1)CNC(c1cc(C)c(OCCCCO)c(C)c1)=N2. The van der Waals surface area contributed by atoms with Crippen molar-refractivity contribution in [2.45, 2.75) is 33.2 Å². The summed E-state index contributed by atoms with van der Waals surface area (Å²) in [7, 11) is 3.29. The van der Waals surface area contributed by atoms with Crippen LogP contribution < -0.4 is 19.5 Å². The Labute approximate surface area is 166 Å². The Kier molecular flexibility index (Phi) is 6.41. The number of aliphatic hydroxyl groups excluding tert-OH is 1. The van der Waals surface area contributed by atoms with Crippen LogP contribution in [0.5, 0.6) is 17.2 Å². The normalized spacial score (nSPS) is 12.7. The third-order valence-electron chi connectivity index (χ3n) is 4.81. The standard InChI is InChI=1S/C22H28N2O4/c1-14-9-16(10-15(2)21(14)28-8-6-5-7-25)22-23-13-18-19(24-22)11-17(26-3)12-20(18)27-4/h9-12,25H,5-8,13H2,1-4H3,(H,23,24). The molecule has 1 aliphatic rings. The molecule has 1 heterocycles. The number of aliphatic hydroxyl groups is 1. The van der Waals surface area contributed by atoms with Crippen LogP contribution in [0.2, 0.25) is 0 Å². The Balaban J connectivity index is 1.89. The molecule has 0 radical (unpaired) electrons. The highest BCUT2D eigenvalue weighted by Crippen LogP contribution is 2.36. The van der Waals surface area contributed by atoms with Crippen LogP contribution in [0.4, 0.5) is 5.69 Å². The van der Waals surface area contributed by atoms with Crippen LogP contribution in [0, 0.1) is 13.8 Å². The van der Waals surface area contributed by atoms with Crippen molar-refractivity contribution < 1.29 is 19.3 Å². The van der Waals surface area contributed by atoms with Gasteiger partial charge in [-0.3, -0.25) is 0 Å². The average molecular weight is 384 g/mol. The number of unbranched alkanes of at least 4 members (excludes halogenated alkanes) is 1. The summed E-state index contributed by atoms with van der Waals surface area (Å²) >= 11 is 0. The van der Waals surface area contributed by atoms with Crippen LogP contribution in [-0.2, 0) is 6.54 Å². The summed E-state index contributed by atoms with van der Waals surface area (Å²) in [5.41, 5.74) is 5.02. The zero-order valence-electron chi connectivity index (χ0n) is 17.0. The van der Waals surface area contributed by atoms with Crippen LogP contribution in [0.25, 0.3) is 0 Å². The third kappa shape index (κ3) is 4.22. The van der Waals surface area contributed by atoms with Gasteiger partial charge in [-0.05, 0) is 49.9 Å². The van der Waals surface area contributed by atoms with E-state index >= 15 is 0 Å². The first-order valence-corrected chi connectivity index (χ1v) is 9.50. The van der Waals surface area contributed by atoms with Gasteiger partial charge in [0.2, 0.25) is 0 Å². The quantitative estimate of drug-likeness (QED) is 0.680. The molecule has 150 valence electrons. The van der Waals surface area contributed by atoms with E-state index < -0.39 is 0 Å². The number of aliphatic imine (C=N–C) groups is 1. The molecule has 3 rings (SSSR count). The molecule has 0 saturated heterocycles. The number of fused-ring (bicyclic) bond motifs is 1. The Bertz CT molecular complexity index is 854. The summed E-state index contributed by atoms with van der Waals surface area (Å²) in [6, 6.07) is 7.97. The van der Waals surface area contributed by atoms with E-state index in [2.05, 4.69) is 17.4 Å². The molecule has 0 bridgehead atoms. The first kappa shape index (κ1) is 20.0. The van der Waals surface area contributed by atoms with Crippen LogP contribution in [-0.4, -0.2) is 38.4 Å². The van der Waals surface area contributed by atoms with Crippen molar-refractivity contribution in [1.82, 2.24) is 5.32 Å². The van der Waals surface area contributed by atoms with E-state index in [1.165, 1.54) is 0 Å². The second-order valence-corrected chi connectivity index (χ2v) is 6.86. The van der Waals surface area contributed by atoms with E-state index in [4.69, 9.17) is 24.3 Å². The molecule has 6 nitrogen and oxygen atoms in total. The molecule has 1 aliphatic heterocycles. The predicted molar refractivity (Wildman–Crippen MR) is 110 cm³/mol. The van der Waals surface area contributed by atoms with Gasteiger partial charge in [-0.1, -0.05) is 0 Å². The predicted octanol–water partition coefficient (Wildman–Crippen LogP) is 3.65. The molecule has 0 saturated carbocycles. The maximum absolute atomic E-state index is 8.90. The van der Waals surface area contributed by atoms with Crippen LogP contribution >= 0.6 is 0 Å². The number of amidine groups is 1. The van der Waals surface area contributed by atoms with Gasteiger partial charge in [-0.2, -0.15) is 0 Å². The Morgan fingerprint density at radius 1 is 1.04 bits per heavy atom. The van der Waals surface area contributed by atoms with Crippen molar-refractivity contribution in [3.8, 4) is 17.2 Å². The Hall–Kier alpha value is -2.73. The summed E-state index contributed by atoms with van der Waals surface area (Å²) in [6.07, 6.45) is 1.59. The molecule has 0 unspecified atom stereocenters. The minimum absolute atomic E-state index is 0.197. The topological polar surface area (TPSA) is 72.3 Å². The van der Waals surface area contributed by atoms with Crippen molar-refractivity contribution in [3.63, 3.8) is 0 Å². The molecule has 6 heteroatoms. The van der Waals surface area contributed by atoms with E-state index in [9.17, 15) is 0 Å². The van der Waals surface area contributed by atoms with Crippen molar-refractivity contribution in [3.05, 3.63) is 46.5 Å². The monoisotopic (exact) mass is 384 g/mol. The fraction of sp³-hybridized carbons (Fsp3) is 0.409. The highest BCUT2D eigenvalue weighted by molar-refractivity contribution is 6.02. The first-order valence-electron chi connectivity index (χ1n) is 9.50. The molecule has 2 aromatic carbocycles. The van der Waals surface area contributed by atoms with Gasteiger partial charge in [-0.15, -0.1) is 0 Å². The van der Waals surface area contributed by atoms with E-state index in [0.717, 1.165) is 63.9 Å². The third-order valence-corrected chi connectivity index (χ3v) is 4.81. The van der Waals surface area contributed by atoms with Crippen molar-refractivity contribution in [2.75, 3.05) is 27.4 Å². The number of nitrogens with one attached hydrogen (secondary N) is 1. The second-order valence-electron chi connectivity index (χ2n) is 6.86. The minimum Gasteiger partial charge on any atom is -0.497 e. The number of methoxy groups -OCH3 is 2. The highest BCUT2D eigenvalue weighted by atomic mass is 16.5. The zero-order chi connectivity index (χ0) is 20.1. The molecule has 0 aliphatic carbocycles. The largest absolute Gasteiger partial charge is 0.497 e. The van der Waals surface area contributed by atoms with Gasteiger partial charge in [0.05, 0.1) is 26.5 Å². The van der Waals surface area contributed by atoms with Crippen LogP contribution in [0.1, 0.15) is 35.1 Å². The number of rotatable bonds is 8. The fourth-order valence-corrected chi connectivity index (χ4v) is 3.38. The Morgan fingerprint density at radius 3 is 2.43 bits per heavy atom. The summed E-state index contributed by atoms with van der Waals surface area (Å²) in [5, 5.41) is 12.3. The second kappa shape index (κ2) is 8.97. The molecule has 0 amide bonds. The number of nitrogens with zero attached hydrogens (tertiary/aromatic N) is 1. The van der Waals surface area contributed by atoms with E-state index in [0.29, 0.717) is 13.2 Å². The van der Waals surface area contributed by atoms with Crippen LogP contribution in [0.15, 0.2) is 29.3 Å². The number of ether oxygens (including phenoxy) is 3. The Morgan fingerprint density at radius 2 is 1.79 bits per heavy atom. The average Bonchev–Trinajstić information content (AvgIpc) is 2.71. The molecular formula is C22H28N2O4. The van der Waals surface area contributed by atoms with Crippen molar-refractivity contribution >= 4 is 11.5 Å². The molecule has 2 N–H and O–H groups in total. The van der Waals surface area contributed by atoms with Crippen LogP contribution in [0.3, 0.4) is 0 Å². The van der Waals surface area contributed by atoms with E-state index in [1.807, 2.05) is 26.0 Å².